The van der Waals surface area contributed by atoms with Crippen molar-refractivity contribution in [1.29, 1.82) is 0 Å². The lowest BCUT2D eigenvalue weighted by Crippen LogP contribution is -2.39. The Kier molecular flexibility index (Phi) is 4.50. The summed E-state index contributed by atoms with van der Waals surface area (Å²) in [7, 11) is 3.36. The zero-order valence-electron chi connectivity index (χ0n) is 14.4. The number of aliphatic hydroxyl groups is 1. The van der Waals surface area contributed by atoms with Crippen LogP contribution in [0.2, 0.25) is 0 Å². The van der Waals surface area contributed by atoms with Gasteiger partial charge in [0.25, 0.3) is 0 Å². The van der Waals surface area contributed by atoms with E-state index in [0.29, 0.717) is 16.9 Å². The van der Waals surface area contributed by atoms with E-state index in [1.165, 1.54) is 0 Å². The topological polar surface area (TPSA) is 89.5 Å². The van der Waals surface area contributed by atoms with Crippen LogP contribution < -0.4 is 10.1 Å². The molecule has 0 aliphatic carbocycles. The van der Waals surface area contributed by atoms with E-state index in [4.69, 9.17) is 9.15 Å². The van der Waals surface area contributed by atoms with Crippen molar-refractivity contribution >= 4 is 16.9 Å². The minimum atomic E-state index is -1.18. The van der Waals surface area contributed by atoms with Crippen LogP contribution in [0, 0.1) is 0 Å². The molecule has 7 nitrogen and oxygen atoms in total. The van der Waals surface area contributed by atoms with Gasteiger partial charge in [0.2, 0.25) is 5.91 Å². The van der Waals surface area contributed by atoms with Crippen LogP contribution in [-0.4, -0.2) is 34.4 Å². The van der Waals surface area contributed by atoms with Gasteiger partial charge < -0.3 is 19.6 Å². The van der Waals surface area contributed by atoms with E-state index in [1.807, 2.05) is 12.1 Å². The van der Waals surface area contributed by atoms with Crippen molar-refractivity contribution in [2.45, 2.75) is 18.9 Å². The molecule has 1 amide bonds. The van der Waals surface area contributed by atoms with Gasteiger partial charge in [0.05, 0.1) is 32.5 Å². The van der Waals surface area contributed by atoms with Gasteiger partial charge in [0, 0.05) is 35.8 Å². The number of hydrogen-bond acceptors (Lipinski definition) is 5. The summed E-state index contributed by atoms with van der Waals surface area (Å²) in [6, 6.07) is 5.47. The maximum atomic E-state index is 12.3. The third-order valence-electron chi connectivity index (χ3n) is 4.17. The molecule has 2 aromatic heterocycles. The first kappa shape index (κ1) is 17.0. The zero-order chi connectivity index (χ0) is 18.0. The van der Waals surface area contributed by atoms with E-state index in [9.17, 15) is 9.90 Å². The highest BCUT2D eigenvalue weighted by Crippen LogP contribution is 2.26. The Labute approximate surface area is 145 Å². The summed E-state index contributed by atoms with van der Waals surface area (Å²) in [6.45, 7) is 1.74. The normalized spacial score (nSPS) is 13.6. The number of carbonyl (C=O) groups excluding carboxylic acids is 1. The largest absolute Gasteiger partial charge is 0.497 e. The Morgan fingerprint density at radius 1 is 1.48 bits per heavy atom. The van der Waals surface area contributed by atoms with E-state index in [0.717, 1.165) is 10.9 Å². The van der Waals surface area contributed by atoms with E-state index in [2.05, 4.69) is 10.4 Å². The molecule has 2 heterocycles. The molecular weight excluding hydrogens is 322 g/mol. The summed E-state index contributed by atoms with van der Waals surface area (Å²) in [4.78, 5) is 12.3. The van der Waals surface area contributed by atoms with Crippen LogP contribution in [0.3, 0.4) is 0 Å². The molecule has 0 radical (unpaired) electrons. The van der Waals surface area contributed by atoms with Gasteiger partial charge in [0.15, 0.2) is 0 Å². The highest BCUT2D eigenvalue weighted by Gasteiger charge is 2.25. The summed E-state index contributed by atoms with van der Waals surface area (Å²) in [5, 5.41) is 18.2. The summed E-state index contributed by atoms with van der Waals surface area (Å²) in [6.07, 6.45) is 5.05. The number of benzene rings is 1. The molecule has 3 aromatic rings. The average Bonchev–Trinajstić information content (AvgIpc) is 3.20. The number of rotatable bonds is 6. The Morgan fingerprint density at radius 2 is 2.28 bits per heavy atom. The van der Waals surface area contributed by atoms with Crippen molar-refractivity contribution in [3.63, 3.8) is 0 Å². The molecule has 0 saturated heterocycles. The fraction of sp³-hybridized carbons (Fsp3) is 0.333. The number of nitrogens with one attached hydrogen (secondary N) is 1. The molecule has 0 aliphatic rings. The van der Waals surface area contributed by atoms with Gasteiger partial charge in [-0.3, -0.25) is 9.48 Å². The molecule has 0 spiro atoms. The minimum Gasteiger partial charge on any atom is -0.497 e. The number of carbonyl (C=O) groups is 1. The fourth-order valence-corrected chi connectivity index (χ4v) is 2.63. The second-order valence-corrected chi connectivity index (χ2v) is 6.25. The predicted molar refractivity (Wildman–Crippen MR) is 92.3 cm³/mol. The Morgan fingerprint density at radius 3 is 2.96 bits per heavy atom. The van der Waals surface area contributed by atoms with Gasteiger partial charge in [-0.2, -0.15) is 5.10 Å². The Hall–Kier alpha value is -2.80. The van der Waals surface area contributed by atoms with Crippen LogP contribution in [0.25, 0.3) is 11.0 Å². The van der Waals surface area contributed by atoms with Crippen LogP contribution in [-0.2, 0) is 23.9 Å². The molecule has 1 unspecified atom stereocenters. The first-order valence-corrected chi connectivity index (χ1v) is 7.91. The Balaban J connectivity index is 1.65. The number of ether oxygens (including phenoxy) is 1. The minimum absolute atomic E-state index is 0.0983. The van der Waals surface area contributed by atoms with Crippen LogP contribution in [0.4, 0.5) is 0 Å². The molecule has 2 N–H and O–H groups in total. The maximum absolute atomic E-state index is 12.3. The van der Waals surface area contributed by atoms with Crippen molar-refractivity contribution in [1.82, 2.24) is 15.1 Å². The molecule has 1 atom stereocenters. The lowest BCUT2D eigenvalue weighted by atomic mass is 9.99. The molecule has 0 aliphatic heterocycles. The molecule has 0 fully saturated rings. The van der Waals surface area contributed by atoms with Crippen LogP contribution in [0.15, 0.2) is 41.3 Å². The van der Waals surface area contributed by atoms with Gasteiger partial charge in [-0.25, -0.2) is 0 Å². The zero-order valence-corrected chi connectivity index (χ0v) is 14.4. The first-order valence-electron chi connectivity index (χ1n) is 7.91. The predicted octanol–water partition coefficient (Wildman–Crippen LogP) is 1.74. The molecule has 3 rings (SSSR count). The molecule has 25 heavy (non-hydrogen) atoms. The molecule has 7 heteroatoms. The van der Waals surface area contributed by atoms with E-state index in [1.54, 1.807) is 50.5 Å². The smallest absolute Gasteiger partial charge is 0.224 e. The van der Waals surface area contributed by atoms with Crippen molar-refractivity contribution in [2.75, 3.05) is 13.7 Å². The SMILES string of the molecule is COc1ccc2c(CC(=O)NCC(C)(O)c3cnn(C)c3)coc2c1. The monoisotopic (exact) mass is 343 g/mol. The third-order valence-corrected chi connectivity index (χ3v) is 4.17. The van der Waals surface area contributed by atoms with Crippen LogP contribution in [0.5, 0.6) is 5.75 Å². The number of methoxy groups -OCH3 is 1. The van der Waals surface area contributed by atoms with E-state index in [-0.39, 0.29) is 18.9 Å². The number of aryl methyl sites for hydroxylation is 1. The second-order valence-electron chi connectivity index (χ2n) is 6.25. The highest BCUT2D eigenvalue weighted by molar-refractivity contribution is 5.88. The lowest BCUT2D eigenvalue weighted by Gasteiger charge is -2.22. The van der Waals surface area contributed by atoms with Crippen LogP contribution >= 0.6 is 0 Å². The molecule has 1 aromatic carbocycles. The summed E-state index contributed by atoms with van der Waals surface area (Å²) >= 11 is 0. The van der Waals surface area contributed by atoms with Gasteiger partial charge in [-0.15, -0.1) is 0 Å². The first-order chi connectivity index (χ1) is 11.9. The van der Waals surface area contributed by atoms with E-state index < -0.39 is 5.60 Å². The number of fused-ring (bicyclic) bond motifs is 1. The Bertz CT molecular complexity index is 895. The quantitative estimate of drug-likeness (QED) is 0.712. The summed E-state index contributed by atoms with van der Waals surface area (Å²) in [5.41, 5.74) is 0.923. The second kappa shape index (κ2) is 6.60. The third kappa shape index (κ3) is 3.66. The summed E-state index contributed by atoms with van der Waals surface area (Å²) < 4.78 is 12.3. The fourth-order valence-electron chi connectivity index (χ4n) is 2.63. The van der Waals surface area contributed by atoms with Gasteiger partial charge in [-0.1, -0.05) is 0 Å². The molecule has 0 bridgehead atoms. The van der Waals surface area contributed by atoms with Gasteiger partial charge >= 0.3 is 0 Å². The van der Waals surface area contributed by atoms with Gasteiger partial charge in [0.1, 0.15) is 16.9 Å². The van der Waals surface area contributed by atoms with Crippen molar-refractivity contribution in [2.24, 2.45) is 7.05 Å². The standard InChI is InChI=1S/C18H21N3O4/c1-18(23,13-8-20-21(2)9-13)11-19-17(22)6-12-10-25-16-7-14(24-3)4-5-15(12)16/h4-5,7-10,23H,6,11H2,1-3H3,(H,19,22). The summed E-state index contributed by atoms with van der Waals surface area (Å²) in [5.74, 6) is 0.507. The number of nitrogens with zero attached hydrogens (tertiary/aromatic N) is 2. The molecule has 0 saturated carbocycles. The number of furan rings is 1. The van der Waals surface area contributed by atoms with Crippen LogP contribution in [0.1, 0.15) is 18.1 Å². The number of hydrogen-bond donors (Lipinski definition) is 2. The van der Waals surface area contributed by atoms with E-state index >= 15 is 0 Å². The molecular formula is C18H21N3O4. The number of aromatic nitrogens is 2. The molecule has 132 valence electrons. The van der Waals surface area contributed by atoms with Crippen molar-refractivity contribution < 1.29 is 19.1 Å². The van der Waals surface area contributed by atoms with Gasteiger partial charge in [-0.05, 0) is 19.1 Å². The lowest BCUT2D eigenvalue weighted by molar-refractivity contribution is -0.121. The number of amides is 1. The highest BCUT2D eigenvalue weighted by atomic mass is 16.5. The van der Waals surface area contributed by atoms with Crippen molar-refractivity contribution in [3.05, 3.63) is 48.0 Å². The maximum Gasteiger partial charge on any atom is 0.224 e. The average molecular weight is 343 g/mol. The van der Waals surface area contributed by atoms with Crippen molar-refractivity contribution in [3.8, 4) is 5.75 Å².